The van der Waals surface area contributed by atoms with E-state index in [-0.39, 0.29) is 34.6 Å². The molecule has 0 spiro atoms. The van der Waals surface area contributed by atoms with Crippen LogP contribution < -0.4 is 5.32 Å². The highest BCUT2D eigenvalue weighted by molar-refractivity contribution is 5.72. The minimum absolute atomic E-state index is 0.0186. The molecule has 0 bridgehead atoms. The molecule has 3 aromatic heterocycles. The zero-order valence-corrected chi connectivity index (χ0v) is 26.6. The first kappa shape index (κ1) is 33.4. The number of nitrogens with zero attached hydrogens (tertiary/aromatic N) is 3. The first-order chi connectivity index (χ1) is 20.9. The molecule has 0 radical (unpaired) electrons. The number of anilines is 2. The maximum Gasteiger partial charge on any atom is 0.308 e. The lowest BCUT2D eigenvalue weighted by Crippen LogP contribution is -2.37. The zero-order valence-electron chi connectivity index (χ0n) is 26.6. The van der Waals surface area contributed by atoms with Gasteiger partial charge in [-0.1, -0.05) is 40.0 Å². The van der Waals surface area contributed by atoms with Crippen LogP contribution in [0, 0.1) is 24.2 Å². The van der Waals surface area contributed by atoms with Crippen molar-refractivity contribution < 1.29 is 23.4 Å². The third-order valence-electron chi connectivity index (χ3n) is 8.76. The molecule has 0 unspecified atom stereocenters. The van der Waals surface area contributed by atoms with Crippen molar-refractivity contribution in [3.8, 4) is 11.3 Å². The van der Waals surface area contributed by atoms with Crippen LogP contribution in [0.15, 0.2) is 48.8 Å². The van der Waals surface area contributed by atoms with E-state index < -0.39 is 12.0 Å². The number of alkyl halides is 2. The number of pyridine rings is 3. The van der Waals surface area contributed by atoms with Gasteiger partial charge in [-0.25, -0.2) is 18.7 Å². The van der Waals surface area contributed by atoms with Gasteiger partial charge < -0.3 is 15.2 Å². The molecular formula is C35H46F2N4O3. The Morgan fingerprint density at radius 1 is 1.05 bits per heavy atom. The Kier molecular flexibility index (Phi) is 11.1. The molecular weight excluding hydrogens is 562 g/mol. The molecule has 7 nitrogen and oxygen atoms in total. The topological polar surface area (TPSA) is 97.2 Å². The SMILES string of the molecule is CCCCCC(C)(C)COC(=O)C1CCC([C@@](C)(O)c2ccc(-c3cc(C)cc(Nc4cc(C(F)F)ccn4)n3)cn2)CC1. The van der Waals surface area contributed by atoms with Gasteiger partial charge in [0.1, 0.15) is 17.2 Å². The van der Waals surface area contributed by atoms with Gasteiger partial charge in [-0.05, 0) is 99.2 Å². The Bertz CT molecular complexity index is 1390. The van der Waals surface area contributed by atoms with Crippen molar-refractivity contribution in [1.29, 1.82) is 0 Å². The highest BCUT2D eigenvalue weighted by atomic mass is 19.3. The maximum atomic E-state index is 13.1. The third-order valence-corrected chi connectivity index (χ3v) is 8.76. The average molecular weight is 609 g/mol. The van der Waals surface area contributed by atoms with Crippen molar-refractivity contribution >= 4 is 17.6 Å². The van der Waals surface area contributed by atoms with E-state index in [2.05, 4.69) is 41.0 Å². The maximum absolute atomic E-state index is 13.1. The highest BCUT2D eigenvalue weighted by Gasteiger charge is 2.39. The molecule has 1 aliphatic rings. The molecule has 44 heavy (non-hydrogen) atoms. The molecule has 9 heteroatoms. The average Bonchev–Trinajstić information content (AvgIpc) is 3.00. The normalized spacial score (nSPS) is 18.6. The summed E-state index contributed by atoms with van der Waals surface area (Å²) in [7, 11) is 0. The molecule has 1 fully saturated rings. The molecule has 238 valence electrons. The molecule has 1 atom stereocenters. The Morgan fingerprint density at radius 3 is 2.45 bits per heavy atom. The largest absolute Gasteiger partial charge is 0.465 e. The number of halogens is 2. The van der Waals surface area contributed by atoms with E-state index in [0.717, 1.165) is 24.0 Å². The first-order valence-corrected chi connectivity index (χ1v) is 15.7. The fourth-order valence-electron chi connectivity index (χ4n) is 5.92. The summed E-state index contributed by atoms with van der Waals surface area (Å²) in [6.45, 7) is 10.7. The molecule has 0 aromatic carbocycles. The monoisotopic (exact) mass is 608 g/mol. The highest BCUT2D eigenvalue weighted by Crippen LogP contribution is 2.41. The number of ether oxygens (including phenoxy) is 1. The van der Waals surface area contributed by atoms with E-state index in [1.54, 1.807) is 13.1 Å². The smallest absolute Gasteiger partial charge is 0.308 e. The minimum Gasteiger partial charge on any atom is -0.465 e. The number of nitrogens with one attached hydrogen (secondary N) is 1. The fourth-order valence-corrected chi connectivity index (χ4v) is 5.92. The van der Waals surface area contributed by atoms with Crippen LogP contribution in [0.3, 0.4) is 0 Å². The van der Waals surface area contributed by atoms with E-state index >= 15 is 0 Å². The van der Waals surface area contributed by atoms with Crippen molar-refractivity contribution in [1.82, 2.24) is 15.0 Å². The molecule has 3 heterocycles. The molecule has 0 aliphatic heterocycles. The lowest BCUT2D eigenvalue weighted by molar-refractivity contribution is -0.154. The zero-order chi connectivity index (χ0) is 31.9. The molecule has 0 saturated heterocycles. The number of hydrogen-bond acceptors (Lipinski definition) is 7. The lowest BCUT2D eigenvalue weighted by Gasteiger charge is -2.37. The predicted octanol–water partition coefficient (Wildman–Crippen LogP) is 8.69. The van der Waals surface area contributed by atoms with Crippen molar-refractivity contribution in [3.63, 3.8) is 0 Å². The molecule has 4 rings (SSSR count). The minimum atomic E-state index is -2.59. The van der Waals surface area contributed by atoms with Crippen LogP contribution >= 0.6 is 0 Å². The number of rotatable bonds is 13. The van der Waals surface area contributed by atoms with Gasteiger partial charge in [0.2, 0.25) is 0 Å². The van der Waals surface area contributed by atoms with Gasteiger partial charge in [0.05, 0.1) is 23.9 Å². The van der Waals surface area contributed by atoms with Gasteiger partial charge in [-0.3, -0.25) is 9.78 Å². The second kappa shape index (κ2) is 14.5. The van der Waals surface area contributed by atoms with Gasteiger partial charge in [0.25, 0.3) is 6.43 Å². The summed E-state index contributed by atoms with van der Waals surface area (Å²) in [5.41, 5.74) is 1.62. The van der Waals surface area contributed by atoms with E-state index in [9.17, 15) is 18.7 Å². The Hall–Kier alpha value is -3.46. The molecule has 3 aromatic rings. The van der Waals surface area contributed by atoms with Crippen LogP contribution in [0.1, 0.15) is 102 Å². The second-order valence-corrected chi connectivity index (χ2v) is 13.2. The van der Waals surface area contributed by atoms with Crippen molar-refractivity contribution in [2.45, 2.75) is 98.0 Å². The number of carbonyl (C=O) groups is 1. The number of carbonyl (C=O) groups excluding carboxylic acids is 1. The van der Waals surface area contributed by atoms with Crippen LogP contribution in [0.4, 0.5) is 20.4 Å². The molecule has 1 aliphatic carbocycles. The summed E-state index contributed by atoms with van der Waals surface area (Å²) in [5, 5.41) is 14.6. The molecule has 2 N–H and O–H groups in total. The van der Waals surface area contributed by atoms with E-state index in [0.29, 0.717) is 49.5 Å². The van der Waals surface area contributed by atoms with Gasteiger partial charge in [0, 0.05) is 23.5 Å². The summed E-state index contributed by atoms with van der Waals surface area (Å²) >= 11 is 0. The fraction of sp³-hybridized carbons (Fsp3) is 0.543. The van der Waals surface area contributed by atoms with Crippen LogP contribution in [-0.4, -0.2) is 32.6 Å². The van der Waals surface area contributed by atoms with Gasteiger partial charge in [-0.15, -0.1) is 0 Å². The van der Waals surface area contributed by atoms with Gasteiger partial charge in [-0.2, -0.15) is 0 Å². The summed E-state index contributed by atoms with van der Waals surface area (Å²) in [6.07, 6.45) is 7.80. The number of esters is 1. The van der Waals surface area contributed by atoms with Crippen molar-refractivity contribution in [3.05, 3.63) is 65.6 Å². The Labute approximate surface area is 259 Å². The standard InChI is InChI=1S/C35H46F2N4O3/c1-6-7-8-16-34(3,4)22-44-33(42)24-9-12-27(13-10-24)35(5,43)29-14-11-26(21-39-29)28-18-23(2)19-31(40-28)41-30-20-25(32(36)37)15-17-38-30/h11,14-15,17-21,24,27,32,43H,6-10,12-13,16,22H2,1-5H3,(H,38,40,41)/t24?,27?,35-/m1/s1. The number of aryl methyl sites for hydroxylation is 1. The van der Waals surface area contributed by atoms with Crippen LogP contribution in [0.5, 0.6) is 0 Å². The summed E-state index contributed by atoms with van der Waals surface area (Å²) in [5.74, 6) is 0.481. The first-order valence-electron chi connectivity index (χ1n) is 15.7. The quantitative estimate of drug-likeness (QED) is 0.148. The summed E-state index contributed by atoms with van der Waals surface area (Å²) in [4.78, 5) is 26.2. The second-order valence-electron chi connectivity index (χ2n) is 13.2. The van der Waals surface area contributed by atoms with Crippen molar-refractivity contribution in [2.24, 2.45) is 17.3 Å². The third kappa shape index (κ3) is 8.80. The Balaban J connectivity index is 1.36. The number of aliphatic hydroxyl groups is 1. The van der Waals surface area contributed by atoms with Gasteiger partial charge in [0.15, 0.2) is 0 Å². The number of aromatic nitrogens is 3. The number of hydrogen-bond donors (Lipinski definition) is 2. The van der Waals surface area contributed by atoms with Crippen LogP contribution in [0.25, 0.3) is 11.3 Å². The Morgan fingerprint density at radius 2 is 1.80 bits per heavy atom. The number of unbranched alkanes of at least 4 members (excludes halogenated alkanes) is 2. The van der Waals surface area contributed by atoms with E-state index in [1.807, 2.05) is 31.2 Å². The molecule has 0 amide bonds. The van der Waals surface area contributed by atoms with Crippen molar-refractivity contribution in [2.75, 3.05) is 11.9 Å². The van der Waals surface area contributed by atoms with E-state index in [4.69, 9.17) is 4.74 Å². The van der Waals surface area contributed by atoms with Crippen LogP contribution in [0.2, 0.25) is 0 Å². The van der Waals surface area contributed by atoms with Gasteiger partial charge >= 0.3 is 5.97 Å². The van der Waals surface area contributed by atoms with Crippen LogP contribution in [-0.2, 0) is 15.1 Å². The lowest BCUT2D eigenvalue weighted by atomic mass is 9.73. The summed E-state index contributed by atoms with van der Waals surface area (Å²) in [6, 6.07) is 10.0. The predicted molar refractivity (Wildman–Crippen MR) is 169 cm³/mol. The van der Waals surface area contributed by atoms with E-state index in [1.165, 1.54) is 31.2 Å². The molecule has 1 saturated carbocycles. The summed E-state index contributed by atoms with van der Waals surface area (Å²) < 4.78 is 32.0.